The average molecular weight is 380 g/mol. The zero-order valence-corrected chi connectivity index (χ0v) is 15.3. The predicted molar refractivity (Wildman–Crippen MR) is 113 cm³/mol. The molecule has 140 valence electrons. The predicted octanol–water partition coefficient (Wildman–Crippen LogP) is 4.74. The van der Waals surface area contributed by atoms with Gasteiger partial charge in [-0.05, 0) is 60.5 Å². The van der Waals surface area contributed by atoms with Gasteiger partial charge in [-0.15, -0.1) is 6.42 Å². The lowest BCUT2D eigenvalue weighted by molar-refractivity contribution is -0.111. The van der Waals surface area contributed by atoms with Crippen LogP contribution in [0.1, 0.15) is 0 Å². The number of terminal acetylenes is 1. The van der Waals surface area contributed by atoms with Crippen molar-refractivity contribution in [3.05, 3.63) is 79.1 Å². The molecule has 0 saturated heterocycles. The lowest BCUT2D eigenvalue weighted by Crippen LogP contribution is -2.08. The van der Waals surface area contributed by atoms with Crippen molar-refractivity contribution in [3.8, 4) is 23.8 Å². The van der Waals surface area contributed by atoms with Gasteiger partial charge in [0.15, 0.2) is 0 Å². The molecule has 4 aromatic rings. The highest BCUT2D eigenvalue weighted by molar-refractivity contribution is 6.05. The van der Waals surface area contributed by atoms with Gasteiger partial charge in [0.05, 0.1) is 5.52 Å². The summed E-state index contributed by atoms with van der Waals surface area (Å²) in [6, 6.07) is 22.4. The summed E-state index contributed by atoms with van der Waals surface area (Å²) in [5.74, 6) is 3.64. The number of carbonyl (C=O) groups is 1. The van der Waals surface area contributed by atoms with Crippen LogP contribution in [0.5, 0.6) is 11.5 Å². The van der Waals surface area contributed by atoms with E-state index < -0.39 is 5.91 Å². The summed E-state index contributed by atoms with van der Waals surface area (Å²) in [6.45, 7) is 0. The summed E-state index contributed by atoms with van der Waals surface area (Å²) in [5.41, 5.74) is 2.15. The minimum atomic E-state index is -0.510. The van der Waals surface area contributed by atoms with Crippen molar-refractivity contribution in [1.82, 2.24) is 9.97 Å². The maximum Gasteiger partial charge on any atom is 0.300 e. The highest BCUT2D eigenvalue weighted by Gasteiger charge is 2.07. The first-order chi connectivity index (χ1) is 14.2. The molecule has 0 aliphatic rings. The number of fused-ring (bicyclic) bond motifs is 1. The van der Waals surface area contributed by atoms with Gasteiger partial charge in [0.1, 0.15) is 23.6 Å². The van der Waals surface area contributed by atoms with Gasteiger partial charge < -0.3 is 15.4 Å². The van der Waals surface area contributed by atoms with Crippen LogP contribution in [0.3, 0.4) is 0 Å². The highest BCUT2D eigenvalue weighted by atomic mass is 16.5. The van der Waals surface area contributed by atoms with E-state index in [-0.39, 0.29) is 0 Å². The quantitative estimate of drug-likeness (QED) is 0.489. The molecule has 1 aromatic heterocycles. The van der Waals surface area contributed by atoms with Crippen molar-refractivity contribution in [2.24, 2.45) is 0 Å². The van der Waals surface area contributed by atoms with Crippen LogP contribution in [-0.2, 0) is 4.79 Å². The molecule has 6 nitrogen and oxygen atoms in total. The Hall–Kier alpha value is -4.37. The molecule has 1 heterocycles. The normalized spacial score (nSPS) is 10.2. The van der Waals surface area contributed by atoms with Crippen LogP contribution < -0.4 is 15.4 Å². The summed E-state index contributed by atoms with van der Waals surface area (Å²) < 4.78 is 5.81. The van der Waals surface area contributed by atoms with Gasteiger partial charge >= 0.3 is 0 Å². The molecule has 2 N–H and O–H groups in total. The first-order valence-electron chi connectivity index (χ1n) is 8.83. The number of ether oxygens (including phenoxy) is 1. The SMILES string of the molecule is C#CC(=O)Nc1ccc2ncnc(Nc3ccc(Oc4ccccc4)cc3)c2c1. The van der Waals surface area contributed by atoms with Crippen molar-refractivity contribution in [3.63, 3.8) is 0 Å². The Kier molecular flexibility index (Phi) is 5.04. The van der Waals surface area contributed by atoms with Crippen LogP contribution in [0.15, 0.2) is 79.1 Å². The number of para-hydroxylation sites is 1. The second-order valence-electron chi connectivity index (χ2n) is 6.12. The number of aromatic nitrogens is 2. The van der Waals surface area contributed by atoms with E-state index >= 15 is 0 Å². The van der Waals surface area contributed by atoms with E-state index in [9.17, 15) is 4.79 Å². The third-order valence-electron chi connectivity index (χ3n) is 4.12. The molecule has 0 aliphatic heterocycles. The van der Waals surface area contributed by atoms with E-state index in [1.54, 1.807) is 18.2 Å². The molecule has 0 radical (unpaired) electrons. The topological polar surface area (TPSA) is 76.1 Å². The fraction of sp³-hybridized carbons (Fsp3) is 0. The van der Waals surface area contributed by atoms with Gasteiger partial charge in [0, 0.05) is 16.8 Å². The molecule has 0 unspecified atom stereocenters. The third kappa shape index (κ3) is 4.31. The molecule has 4 rings (SSSR count). The van der Waals surface area contributed by atoms with E-state index in [1.807, 2.05) is 60.5 Å². The number of nitrogens with one attached hydrogen (secondary N) is 2. The molecule has 0 atom stereocenters. The zero-order chi connectivity index (χ0) is 20.1. The van der Waals surface area contributed by atoms with Crippen LogP contribution in [0.25, 0.3) is 10.9 Å². The lowest BCUT2D eigenvalue weighted by Gasteiger charge is -2.11. The molecule has 0 aliphatic carbocycles. The minimum absolute atomic E-state index is 0.510. The summed E-state index contributed by atoms with van der Waals surface area (Å²) in [6.07, 6.45) is 6.60. The lowest BCUT2D eigenvalue weighted by atomic mass is 10.2. The van der Waals surface area contributed by atoms with Crippen LogP contribution >= 0.6 is 0 Å². The van der Waals surface area contributed by atoms with E-state index in [1.165, 1.54) is 6.33 Å². The second-order valence-corrected chi connectivity index (χ2v) is 6.12. The van der Waals surface area contributed by atoms with E-state index in [0.29, 0.717) is 11.5 Å². The number of benzene rings is 3. The number of rotatable bonds is 5. The van der Waals surface area contributed by atoms with Gasteiger partial charge in [-0.2, -0.15) is 0 Å². The van der Waals surface area contributed by atoms with Gasteiger partial charge in [-0.1, -0.05) is 18.2 Å². The number of carbonyl (C=O) groups excluding carboxylic acids is 1. The first-order valence-corrected chi connectivity index (χ1v) is 8.83. The standard InChI is InChI=1S/C23H16N4O2/c1-2-22(28)26-17-10-13-21-20(14-17)23(25-15-24-21)27-16-8-11-19(12-9-16)29-18-6-4-3-5-7-18/h1,3-15H,(H,26,28)(H,24,25,27). The van der Waals surface area contributed by atoms with Gasteiger partial charge in [-0.25, -0.2) is 9.97 Å². The third-order valence-corrected chi connectivity index (χ3v) is 4.12. The summed E-state index contributed by atoms with van der Waals surface area (Å²) in [7, 11) is 0. The fourth-order valence-corrected chi connectivity index (χ4v) is 2.77. The van der Waals surface area contributed by atoms with Gasteiger partial charge in [-0.3, -0.25) is 4.79 Å². The number of anilines is 3. The number of hydrogen-bond donors (Lipinski definition) is 2. The maximum absolute atomic E-state index is 11.5. The minimum Gasteiger partial charge on any atom is -0.457 e. The van der Waals surface area contributed by atoms with E-state index in [2.05, 4.69) is 20.6 Å². The van der Waals surface area contributed by atoms with Crippen molar-refractivity contribution in [2.75, 3.05) is 10.6 Å². The maximum atomic E-state index is 11.5. The second kappa shape index (κ2) is 8.11. The molecular formula is C23H16N4O2. The molecular weight excluding hydrogens is 364 g/mol. The number of nitrogens with zero attached hydrogens (tertiary/aromatic N) is 2. The number of hydrogen-bond acceptors (Lipinski definition) is 5. The van der Waals surface area contributed by atoms with Crippen LogP contribution in [0.4, 0.5) is 17.2 Å². The van der Waals surface area contributed by atoms with Crippen LogP contribution in [-0.4, -0.2) is 15.9 Å². The number of amides is 1. The Bertz CT molecular complexity index is 1200. The Labute approximate surface area is 167 Å². The molecule has 6 heteroatoms. The summed E-state index contributed by atoms with van der Waals surface area (Å²) in [5, 5.41) is 6.66. The fourth-order valence-electron chi connectivity index (χ4n) is 2.77. The zero-order valence-electron chi connectivity index (χ0n) is 15.3. The van der Waals surface area contributed by atoms with Gasteiger partial charge in [0.2, 0.25) is 0 Å². The van der Waals surface area contributed by atoms with E-state index in [0.717, 1.165) is 28.1 Å². The van der Waals surface area contributed by atoms with Gasteiger partial charge in [0.25, 0.3) is 5.91 Å². The Morgan fingerprint density at radius 2 is 1.62 bits per heavy atom. The average Bonchev–Trinajstić information content (AvgIpc) is 2.76. The highest BCUT2D eigenvalue weighted by Crippen LogP contribution is 2.28. The largest absolute Gasteiger partial charge is 0.457 e. The monoisotopic (exact) mass is 380 g/mol. The first kappa shape index (κ1) is 18.0. The van der Waals surface area contributed by atoms with Crippen molar-refractivity contribution >= 4 is 34.0 Å². The molecule has 3 aromatic carbocycles. The summed E-state index contributed by atoms with van der Waals surface area (Å²) in [4.78, 5) is 20.0. The molecule has 29 heavy (non-hydrogen) atoms. The van der Waals surface area contributed by atoms with Crippen molar-refractivity contribution in [2.45, 2.75) is 0 Å². The molecule has 0 spiro atoms. The molecule has 0 fully saturated rings. The Morgan fingerprint density at radius 3 is 2.38 bits per heavy atom. The van der Waals surface area contributed by atoms with Crippen LogP contribution in [0.2, 0.25) is 0 Å². The molecule has 0 saturated carbocycles. The Morgan fingerprint density at radius 1 is 0.897 bits per heavy atom. The van der Waals surface area contributed by atoms with E-state index in [4.69, 9.17) is 11.2 Å². The van der Waals surface area contributed by atoms with Crippen molar-refractivity contribution < 1.29 is 9.53 Å². The molecule has 1 amide bonds. The van der Waals surface area contributed by atoms with Crippen molar-refractivity contribution in [1.29, 1.82) is 0 Å². The smallest absolute Gasteiger partial charge is 0.300 e. The van der Waals surface area contributed by atoms with Crippen LogP contribution in [0, 0.1) is 12.3 Å². The summed E-state index contributed by atoms with van der Waals surface area (Å²) >= 11 is 0. The molecule has 0 bridgehead atoms. The Balaban J connectivity index is 1.56.